The van der Waals surface area contributed by atoms with Gasteiger partial charge in [0.25, 0.3) is 0 Å². The van der Waals surface area contributed by atoms with Gasteiger partial charge in [-0.1, -0.05) is 26.8 Å². The van der Waals surface area contributed by atoms with Crippen molar-refractivity contribution in [3.8, 4) is 5.75 Å². The van der Waals surface area contributed by atoms with E-state index in [-0.39, 0.29) is 11.3 Å². The number of nitrogens with zero attached hydrogens (tertiary/aromatic N) is 1. The van der Waals surface area contributed by atoms with Crippen LogP contribution in [0.2, 0.25) is 0 Å². The number of carbonyl (C=O) groups excluding carboxylic acids is 1. The van der Waals surface area contributed by atoms with Gasteiger partial charge in [0.05, 0.1) is 22.7 Å². The van der Waals surface area contributed by atoms with Crippen molar-refractivity contribution < 1.29 is 14.6 Å². The molecule has 0 aliphatic carbocycles. The highest BCUT2D eigenvalue weighted by atomic mass is 79.9. The summed E-state index contributed by atoms with van der Waals surface area (Å²) in [6, 6.07) is 6.15. The Balaban J connectivity index is 1.83. The van der Waals surface area contributed by atoms with Crippen LogP contribution in [-0.4, -0.2) is 40.7 Å². The van der Waals surface area contributed by atoms with Gasteiger partial charge in [-0.05, 0) is 65.7 Å². The molecule has 1 amide bonds. The number of likely N-dealkylation sites (tertiary alicyclic amines) is 1. The molecule has 1 saturated heterocycles. The maximum absolute atomic E-state index is 12.4. The maximum atomic E-state index is 12.4. The van der Waals surface area contributed by atoms with Crippen LogP contribution >= 0.6 is 15.9 Å². The molecule has 1 aromatic carbocycles. The lowest BCUT2D eigenvalue weighted by molar-refractivity contribution is -0.136. The molecule has 140 valence electrons. The van der Waals surface area contributed by atoms with Crippen molar-refractivity contribution in [2.75, 3.05) is 13.2 Å². The van der Waals surface area contributed by atoms with Gasteiger partial charge in [-0.15, -0.1) is 0 Å². The number of hydrogen-bond donors (Lipinski definition) is 1. The van der Waals surface area contributed by atoms with E-state index >= 15 is 0 Å². The largest absolute Gasteiger partial charge is 0.492 e. The number of benzene rings is 1. The van der Waals surface area contributed by atoms with Crippen LogP contribution in [0, 0.1) is 0 Å². The smallest absolute Gasteiger partial charge is 0.223 e. The molecular weight excluding hydrogens is 382 g/mol. The Bertz CT molecular complexity index is 622. The molecule has 0 bridgehead atoms. The van der Waals surface area contributed by atoms with E-state index in [1.807, 2.05) is 19.9 Å². The number of amides is 1. The molecule has 1 unspecified atom stereocenters. The summed E-state index contributed by atoms with van der Waals surface area (Å²) < 4.78 is 6.76. The SMILES string of the molecule is CC(C)(C)c1ccc(OCCCC(=O)N2CCC(O)C2(C)C)c(Br)c1. The Morgan fingerprint density at radius 2 is 2.08 bits per heavy atom. The van der Waals surface area contributed by atoms with Crippen LogP contribution in [0.1, 0.15) is 59.4 Å². The third kappa shape index (κ3) is 4.76. The fourth-order valence-electron chi connectivity index (χ4n) is 3.14. The van der Waals surface area contributed by atoms with Gasteiger partial charge in [-0.3, -0.25) is 4.79 Å². The van der Waals surface area contributed by atoms with Crippen molar-refractivity contribution in [1.82, 2.24) is 4.90 Å². The Hall–Kier alpha value is -1.07. The Morgan fingerprint density at radius 1 is 1.40 bits per heavy atom. The standard InChI is InChI=1S/C20H30BrNO3/c1-19(2,3)14-8-9-16(15(21)13-14)25-12-6-7-18(24)22-11-10-17(23)20(22,4)5/h8-9,13,17,23H,6-7,10-12H2,1-5H3. The lowest BCUT2D eigenvalue weighted by Crippen LogP contribution is -2.48. The summed E-state index contributed by atoms with van der Waals surface area (Å²) in [6.45, 7) is 11.5. The minimum atomic E-state index is -0.468. The van der Waals surface area contributed by atoms with Crippen molar-refractivity contribution in [3.05, 3.63) is 28.2 Å². The first-order chi connectivity index (χ1) is 11.5. The fourth-order valence-corrected chi connectivity index (χ4v) is 3.64. The molecule has 1 aliphatic heterocycles. The highest BCUT2D eigenvalue weighted by Gasteiger charge is 2.42. The maximum Gasteiger partial charge on any atom is 0.223 e. The zero-order chi connectivity index (χ0) is 18.8. The van der Waals surface area contributed by atoms with Gasteiger partial charge in [-0.25, -0.2) is 0 Å². The number of hydrogen-bond acceptors (Lipinski definition) is 3. The highest BCUT2D eigenvalue weighted by molar-refractivity contribution is 9.10. The van der Waals surface area contributed by atoms with Crippen molar-refractivity contribution >= 4 is 21.8 Å². The first-order valence-electron chi connectivity index (χ1n) is 8.95. The zero-order valence-corrected chi connectivity index (χ0v) is 17.5. The van der Waals surface area contributed by atoms with Gasteiger partial charge in [-0.2, -0.15) is 0 Å². The molecule has 1 N–H and O–H groups in total. The molecule has 0 radical (unpaired) electrons. The number of aliphatic hydroxyl groups is 1. The highest BCUT2D eigenvalue weighted by Crippen LogP contribution is 2.32. The van der Waals surface area contributed by atoms with Crippen LogP contribution in [0.3, 0.4) is 0 Å². The number of aliphatic hydroxyl groups excluding tert-OH is 1. The lowest BCUT2D eigenvalue weighted by Gasteiger charge is -2.33. The molecule has 0 saturated carbocycles. The van der Waals surface area contributed by atoms with E-state index in [4.69, 9.17) is 4.74 Å². The van der Waals surface area contributed by atoms with E-state index in [0.29, 0.717) is 32.4 Å². The van der Waals surface area contributed by atoms with Gasteiger partial charge >= 0.3 is 0 Å². The second-order valence-corrected chi connectivity index (χ2v) is 9.21. The predicted molar refractivity (Wildman–Crippen MR) is 104 cm³/mol. The van der Waals surface area contributed by atoms with E-state index in [1.165, 1.54) is 5.56 Å². The summed E-state index contributed by atoms with van der Waals surface area (Å²) in [5.74, 6) is 0.893. The van der Waals surface area contributed by atoms with Crippen molar-refractivity contribution in [2.24, 2.45) is 0 Å². The van der Waals surface area contributed by atoms with E-state index < -0.39 is 11.6 Å². The number of halogens is 1. The molecule has 0 spiro atoms. The minimum Gasteiger partial charge on any atom is -0.492 e. The van der Waals surface area contributed by atoms with E-state index in [9.17, 15) is 9.90 Å². The van der Waals surface area contributed by atoms with Crippen LogP contribution in [0.4, 0.5) is 0 Å². The Morgan fingerprint density at radius 3 is 2.60 bits per heavy atom. The predicted octanol–water partition coefficient (Wildman–Crippen LogP) is 4.28. The van der Waals surface area contributed by atoms with Crippen LogP contribution in [0.5, 0.6) is 5.75 Å². The molecule has 25 heavy (non-hydrogen) atoms. The monoisotopic (exact) mass is 411 g/mol. The first kappa shape index (κ1) is 20.2. The topological polar surface area (TPSA) is 49.8 Å². The molecule has 0 aromatic heterocycles. The summed E-state index contributed by atoms with van der Waals surface area (Å²) in [5.41, 5.74) is 0.876. The summed E-state index contributed by atoms with van der Waals surface area (Å²) in [6.07, 6.45) is 1.32. The van der Waals surface area contributed by atoms with Crippen LogP contribution in [0.25, 0.3) is 0 Å². The van der Waals surface area contributed by atoms with Crippen LogP contribution in [0.15, 0.2) is 22.7 Å². The van der Waals surface area contributed by atoms with Gasteiger partial charge in [0.15, 0.2) is 0 Å². The summed E-state index contributed by atoms with van der Waals surface area (Å²) >= 11 is 3.57. The summed E-state index contributed by atoms with van der Waals surface area (Å²) in [7, 11) is 0. The van der Waals surface area contributed by atoms with Crippen molar-refractivity contribution in [1.29, 1.82) is 0 Å². The first-order valence-corrected chi connectivity index (χ1v) is 9.74. The van der Waals surface area contributed by atoms with Crippen molar-refractivity contribution in [2.45, 2.75) is 70.9 Å². The summed E-state index contributed by atoms with van der Waals surface area (Å²) in [5, 5.41) is 9.98. The molecule has 1 atom stereocenters. The van der Waals surface area contributed by atoms with Gasteiger partial charge in [0.2, 0.25) is 5.91 Å². The van der Waals surface area contributed by atoms with Crippen LogP contribution in [-0.2, 0) is 10.2 Å². The number of rotatable bonds is 5. The van der Waals surface area contributed by atoms with Gasteiger partial charge in [0, 0.05) is 13.0 Å². The second kappa shape index (κ2) is 7.67. The molecule has 1 heterocycles. The molecule has 4 nitrogen and oxygen atoms in total. The summed E-state index contributed by atoms with van der Waals surface area (Å²) in [4.78, 5) is 14.2. The van der Waals surface area contributed by atoms with Gasteiger partial charge in [0.1, 0.15) is 5.75 Å². The van der Waals surface area contributed by atoms with Crippen LogP contribution < -0.4 is 4.74 Å². The quantitative estimate of drug-likeness (QED) is 0.735. The molecular formula is C20H30BrNO3. The minimum absolute atomic E-state index is 0.0901. The average Bonchev–Trinajstić information content (AvgIpc) is 2.77. The normalized spacial score (nSPS) is 20.0. The lowest BCUT2D eigenvalue weighted by atomic mass is 9.87. The molecule has 1 fully saturated rings. The third-order valence-corrected chi connectivity index (χ3v) is 5.65. The number of ether oxygens (including phenoxy) is 1. The van der Waals surface area contributed by atoms with E-state index in [1.54, 1.807) is 4.90 Å². The number of carbonyl (C=O) groups is 1. The molecule has 1 aromatic rings. The fraction of sp³-hybridized carbons (Fsp3) is 0.650. The molecule has 5 heteroatoms. The van der Waals surface area contributed by atoms with Gasteiger partial charge < -0.3 is 14.7 Å². The zero-order valence-electron chi connectivity index (χ0n) is 15.9. The molecule has 2 rings (SSSR count). The third-order valence-electron chi connectivity index (χ3n) is 5.03. The van der Waals surface area contributed by atoms with Crippen molar-refractivity contribution in [3.63, 3.8) is 0 Å². The average molecular weight is 412 g/mol. The second-order valence-electron chi connectivity index (χ2n) is 8.35. The van der Waals surface area contributed by atoms with E-state index in [0.717, 1.165) is 10.2 Å². The van der Waals surface area contributed by atoms with E-state index in [2.05, 4.69) is 48.8 Å². The Labute approximate surface area is 159 Å². The Kier molecular flexibility index (Phi) is 6.21. The molecule has 1 aliphatic rings.